The fourth-order valence-electron chi connectivity index (χ4n) is 1.69. The van der Waals surface area contributed by atoms with E-state index in [0.29, 0.717) is 29.0 Å². The molecule has 0 aromatic carbocycles. The molecule has 6 heteroatoms. The van der Waals surface area contributed by atoms with Gasteiger partial charge in [-0.2, -0.15) is 15.8 Å². The summed E-state index contributed by atoms with van der Waals surface area (Å²) in [4.78, 5) is 0. The van der Waals surface area contributed by atoms with Crippen LogP contribution in [0.2, 0.25) is 0 Å². The third kappa shape index (κ3) is 5.21. The molecule has 0 amide bonds. The first-order valence-electron chi connectivity index (χ1n) is 5.45. The Balaban J connectivity index is 0.00000361. The van der Waals surface area contributed by atoms with Crippen LogP contribution in [0.5, 0.6) is 0 Å². The van der Waals surface area contributed by atoms with E-state index in [4.69, 9.17) is 32.8 Å². The number of allylic oxidation sites excluding steroid dienone is 7. The standard InChI is InChI=1S/C14H8ClN4.K/c15-14-12(4-10(6-16)7-17)2-1-3-13(14)5-11(8-18)9-19;/h4-5H,1-3H2;/q-1;+1/b12-4+;. The summed E-state index contributed by atoms with van der Waals surface area (Å²) < 4.78 is 0. The first-order valence-corrected chi connectivity index (χ1v) is 5.82. The van der Waals surface area contributed by atoms with Crippen LogP contribution >= 0.6 is 11.6 Å². The molecule has 0 aromatic rings. The summed E-state index contributed by atoms with van der Waals surface area (Å²) in [6, 6.07) is 5.33. The molecule has 0 unspecified atom stereocenters. The Morgan fingerprint density at radius 1 is 1.15 bits per heavy atom. The number of nitrogens with zero attached hydrogens (tertiary/aromatic N) is 4. The number of nitriles is 3. The predicted octanol–water partition coefficient (Wildman–Crippen LogP) is 0.256. The monoisotopic (exact) mass is 306 g/mol. The fraction of sp³-hybridized carbons (Fsp3) is 0.214. The van der Waals surface area contributed by atoms with E-state index in [2.05, 4.69) is 0 Å². The van der Waals surface area contributed by atoms with Crippen molar-refractivity contribution in [1.82, 2.24) is 0 Å². The average Bonchev–Trinajstić information content (AvgIpc) is 2.45. The summed E-state index contributed by atoms with van der Waals surface area (Å²) in [5, 5.41) is 35.3. The van der Waals surface area contributed by atoms with Crippen molar-refractivity contribution in [2.45, 2.75) is 19.3 Å². The summed E-state index contributed by atoms with van der Waals surface area (Å²) in [5.41, 5.74) is 1.35. The first kappa shape index (κ1) is 19.1. The van der Waals surface area contributed by atoms with Crippen molar-refractivity contribution in [3.8, 4) is 18.2 Å². The Hall–Kier alpha value is -0.934. The van der Waals surface area contributed by atoms with Gasteiger partial charge in [0.25, 0.3) is 0 Å². The maximum Gasteiger partial charge on any atom is 1.00 e. The number of hydrogen-bond donors (Lipinski definition) is 0. The van der Waals surface area contributed by atoms with Crippen molar-refractivity contribution < 1.29 is 51.4 Å². The van der Waals surface area contributed by atoms with Crippen LogP contribution in [0.3, 0.4) is 0 Å². The number of halogens is 1. The number of hydrogen-bond acceptors (Lipinski definition) is 3. The van der Waals surface area contributed by atoms with Crippen LogP contribution in [0.25, 0.3) is 5.41 Å². The summed E-state index contributed by atoms with van der Waals surface area (Å²) in [7, 11) is 0. The maximum absolute atomic E-state index is 8.72. The molecular formula is C14H8ClKN4. The van der Waals surface area contributed by atoms with Crippen LogP contribution in [0.1, 0.15) is 19.3 Å². The van der Waals surface area contributed by atoms with Crippen LogP contribution in [0, 0.1) is 34.0 Å². The van der Waals surface area contributed by atoms with E-state index in [9.17, 15) is 0 Å². The van der Waals surface area contributed by atoms with Crippen molar-refractivity contribution in [3.63, 3.8) is 0 Å². The second-order valence-electron chi connectivity index (χ2n) is 3.78. The zero-order valence-corrected chi connectivity index (χ0v) is 14.8. The van der Waals surface area contributed by atoms with E-state index in [1.165, 1.54) is 12.2 Å². The van der Waals surface area contributed by atoms with Crippen LogP contribution in [-0.4, -0.2) is 5.87 Å². The van der Waals surface area contributed by atoms with E-state index in [-0.39, 0.29) is 62.5 Å². The SMILES string of the molecule is N#CC(=C=[N-])/C=C1\CCCC(C=C(C#N)C#N)=C1Cl.[K+]. The van der Waals surface area contributed by atoms with Gasteiger partial charge in [0.05, 0.1) is 5.57 Å². The van der Waals surface area contributed by atoms with Gasteiger partial charge >= 0.3 is 51.4 Å². The van der Waals surface area contributed by atoms with Crippen LogP contribution in [0.4, 0.5) is 0 Å². The third-order valence-electron chi connectivity index (χ3n) is 2.58. The number of rotatable bonds is 2. The zero-order valence-electron chi connectivity index (χ0n) is 10.9. The van der Waals surface area contributed by atoms with Gasteiger partial charge in [0.15, 0.2) is 0 Å². The van der Waals surface area contributed by atoms with E-state index in [0.717, 1.165) is 6.42 Å². The van der Waals surface area contributed by atoms with E-state index < -0.39 is 0 Å². The molecule has 0 bridgehead atoms. The largest absolute Gasteiger partial charge is 1.00 e. The Kier molecular flexibility index (Phi) is 9.43. The Morgan fingerprint density at radius 2 is 1.80 bits per heavy atom. The molecule has 0 spiro atoms. The molecule has 0 saturated carbocycles. The zero-order chi connectivity index (χ0) is 14.3. The summed E-state index contributed by atoms with van der Waals surface area (Å²) in [6.45, 7) is 0. The van der Waals surface area contributed by atoms with Gasteiger partial charge in [-0.3, -0.25) is 5.87 Å². The molecule has 0 aromatic heterocycles. The van der Waals surface area contributed by atoms with E-state index >= 15 is 0 Å². The molecule has 1 aliphatic rings. The fourth-order valence-corrected chi connectivity index (χ4v) is 1.99. The Morgan fingerprint density at radius 3 is 2.30 bits per heavy atom. The minimum Gasteiger partial charge on any atom is -0.762 e. The average molecular weight is 307 g/mol. The van der Waals surface area contributed by atoms with Gasteiger partial charge in [-0.25, -0.2) is 0 Å². The molecule has 0 heterocycles. The van der Waals surface area contributed by atoms with Crippen LogP contribution < -0.4 is 51.4 Å². The van der Waals surface area contributed by atoms with Gasteiger partial charge in [0.1, 0.15) is 23.8 Å². The molecule has 0 atom stereocenters. The summed E-state index contributed by atoms with van der Waals surface area (Å²) in [6.07, 6.45) is 5.03. The minimum atomic E-state index is -0.0147. The molecular weight excluding hydrogens is 299 g/mol. The second-order valence-corrected chi connectivity index (χ2v) is 4.16. The molecule has 1 rings (SSSR count). The van der Waals surface area contributed by atoms with Crippen molar-refractivity contribution >= 4 is 17.5 Å². The van der Waals surface area contributed by atoms with Crippen molar-refractivity contribution in [3.05, 3.63) is 44.9 Å². The molecule has 0 saturated heterocycles. The van der Waals surface area contributed by atoms with Crippen molar-refractivity contribution in [1.29, 1.82) is 15.8 Å². The topological polar surface area (TPSA) is 93.7 Å². The Bertz CT molecular complexity index is 643. The Labute approximate surface area is 165 Å². The van der Waals surface area contributed by atoms with E-state index in [1.54, 1.807) is 24.1 Å². The van der Waals surface area contributed by atoms with Gasteiger partial charge in [0, 0.05) is 5.03 Å². The molecule has 92 valence electrons. The summed E-state index contributed by atoms with van der Waals surface area (Å²) >= 11 is 6.18. The normalized spacial score (nSPS) is 15.0. The molecule has 0 fully saturated rings. The van der Waals surface area contributed by atoms with Crippen molar-refractivity contribution in [2.75, 3.05) is 0 Å². The molecule has 4 nitrogen and oxygen atoms in total. The molecule has 20 heavy (non-hydrogen) atoms. The van der Waals surface area contributed by atoms with Gasteiger partial charge < -0.3 is 5.41 Å². The smallest absolute Gasteiger partial charge is 0.762 e. The van der Waals surface area contributed by atoms with Gasteiger partial charge in [0.2, 0.25) is 0 Å². The van der Waals surface area contributed by atoms with Crippen LogP contribution in [-0.2, 0) is 0 Å². The van der Waals surface area contributed by atoms with Crippen LogP contribution in [0.15, 0.2) is 39.5 Å². The molecule has 0 radical (unpaired) electrons. The summed E-state index contributed by atoms with van der Waals surface area (Å²) in [5.74, 6) is 1.78. The third-order valence-corrected chi connectivity index (χ3v) is 3.06. The quantitative estimate of drug-likeness (QED) is 0.416. The van der Waals surface area contributed by atoms with Crippen molar-refractivity contribution in [2.24, 2.45) is 0 Å². The molecule has 1 aliphatic carbocycles. The van der Waals surface area contributed by atoms with Gasteiger partial charge in [-0.15, -0.1) is 0 Å². The van der Waals surface area contributed by atoms with Gasteiger partial charge in [-0.05, 0) is 42.6 Å². The predicted molar refractivity (Wildman–Crippen MR) is 71.6 cm³/mol. The maximum atomic E-state index is 8.72. The molecule has 0 aliphatic heterocycles. The van der Waals surface area contributed by atoms with E-state index in [1.807, 2.05) is 0 Å². The second kappa shape index (κ2) is 9.89. The first-order chi connectivity index (χ1) is 9.15. The van der Waals surface area contributed by atoms with Gasteiger partial charge in [-0.1, -0.05) is 11.6 Å². The minimum absolute atomic E-state index is 0. The molecule has 0 N–H and O–H groups in total.